The number of hydrogen-bond donors (Lipinski definition) is 0. The zero-order valence-corrected chi connectivity index (χ0v) is 48.3. The van der Waals surface area contributed by atoms with E-state index in [2.05, 4.69) is 224 Å². The van der Waals surface area contributed by atoms with E-state index in [0.717, 1.165) is 76.3 Å². The van der Waals surface area contributed by atoms with Crippen molar-refractivity contribution >= 4 is 90.1 Å². The fourth-order valence-corrected chi connectivity index (χ4v) is 15.2. The standard InChI is InChI=1S/C71H77BN2O2/c1-40-31-48-51(69(11,12)28-25-66(48,5)6)36-55(40)73-57-37-52-50(68(9,10)27-29-70(52,13)14)35-54(57)72-63-58(73)34-46-43-19-17-18-20-59(43)76-64(46)62(63)47-32-44-45-33-49-53(71(15,16)30-26-67(49,7)8)38-60(45)75-61(44)39-56(47)74(72)42-23-21-41(22-24-42)65(2,3)4/h17-24,31-39H,25-30H2,1-16H3. The van der Waals surface area contributed by atoms with Crippen LogP contribution in [0.15, 0.2) is 112 Å². The molecule has 0 unspecified atom stereocenters. The third-order valence-electron chi connectivity index (χ3n) is 20.5. The van der Waals surface area contributed by atoms with Gasteiger partial charge in [-0.1, -0.05) is 146 Å². The zero-order valence-electron chi connectivity index (χ0n) is 48.3. The molecular formula is C71H77BN2O2. The average molecular weight is 1000 g/mol. The number of rotatable bonds is 2. The van der Waals surface area contributed by atoms with E-state index in [4.69, 9.17) is 8.83 Å². The van der Waals surface area contributed by atoms with Crippen LogP contribution in [-0.4, -0.2) is 6.85 Å². The lowest BCUT2D eigenvalue weighted by atomic mass is 9.42. The molecule has 14 rings (SSSR count). The average Bonchev–Trinajstić information content (AvgIpc) is 4.02. The highest BCUT2D eigenvalue weighted by Gasteiger charge is 2.50. The van der Waals surface area contributed by atoms with E-state index in [-0.39, 0.29) is 44.8 Å². The molecule has 4 nitrogen and oxygen atoms in total. The van der Waals surface area contributed by atoms with Gasteiger partial charge in [-0.05, 0) is 193 Å². The first-order valence-corrected chi connectivity index (χ1v) is 28.7. The van der Waals surface area contributed by atoms with Gasteiger partial charge < -0.3 is 18.5 Å². The number of fused-ring (bicyclic) bond motifs is 14. The molecule has 2 aliphatic heterocycles. The fourth-order valence-electron chi connectivity index (χ4n) is 15.2. The Hall–Kier alpha value is -6.20. The molecule has 7 aromatic carbocycles. The van der Waals surface area contributed by atoms with Gasteiger partial charge in [0, 0.05) is 67.2 Å². The molecule has 4 heterocycles. The molecule has 0 atom stereocenters. The SMILES string of the molecule is Cc1cc2c(cc1N1c3cc4c(cc3B3c5c1cc1c(oc6ccccc61)c5-c1cc5c(cc1N3c1ccc(C(C)(C)C)cc1)oc1cc3c(cc15)C(C)(C)CCC3(C)C)C(C)(C)CCC4(C)C)C(C)(C)CCC2(C)C. The van der Waals surface area contributed by atoms with Crippen LogP contribution in [0.3, 0.4) is 0 Å². The van der Waals surface area contributed by atoms with Gasteiger partial charge in [-0.2, -0.15) is 0 Å². The van der Waals surface area contributed by atoms with Gasteiger partial charge in [0.2, 0.25) is 0 Å². The third-order valence-corrected chi connectivity index (χ3v) is 20.5. The van der Waals surface area contributed by atoms with E-state index >= 15 is 0 Å². The molecule has 0 N–H and O–H groups in total. The maximum Gasteiger partial charge on any atom is 0.333 e. The van der Waals surface area contributed by atoms with Crippen molar-refractivity contribution in [3.63, 3.8) is 0 Å². The number of hydrogen-bond acceptors (Lipinski definition) is 4. The van der Waals surface area contributed by atoms with Gasteiger partial charge >= 0.3 is 6.85 Å². The molecule has 3 aliphatic carbocycles. The fraction of sp³-hybridized carbons (Fsp3) is 0.408. The van der Waals surface area contributed by atoms with E-state index < -0.39 is 0 Å². The summed E-state index contributed by atoms with van der Waals surface area (Å²) in [6.07, 6.45) is 6.92. The number of furan rings is 2. The maximum atomic E-state index is 7.35. The summed E-state index contributed by atoms with van der Waals surface area (Å²) >= 11 is 0. The van der Waals surface area contributed by atoms with Crippen LogP contribution in [0, 0.1) is 6.92 Å². The Kier molecular flexibility index (Phi) is 9.57. The Morgan fingerprint density at radius 2 is 0.961 bits per heavy atom. The molecule has 5 aliphatic rings. The molecule has 0 radical (unpaired) electrons. The predicted octanol–water partition coefficient (Wildman–Crippen LogP) is 18.8. The van der Waals surface area contributed by atoms with E-state index in [1.807, 2.05) is 0 Å². The van der Waals surface area contributed by atoms with Gasteiger partial charge in [-0.25, -0.2) is 0 Å². The van der Waals surface area contributed by atoms with Crippen molar-refractivity contribution in [2.45, 2.75) is 187 Å². The molecule has 0 amide bonds. The molecule has 0 bridgehead atoms. The van der Waals surface area contributed by atoms with E-state index in [0.29, 0.717) is 0 Å². The highest BCUT2D eigenvalue weighted by Crippen LogP contribution is 2.57. The first-order valence-electron chi connectivity index (χ1n) is 28.7. The van der Waals surface area contributed by atoms with Crippen molar-refractivity contribution in [2.24, 2.45) is 0 Å². The first-order chi connectivity index (χ1) is 35.7. The van der Waals surface area contributed by atoms with E-state index in [1.165, 1.54) is 101 Å². The molecule has 0 saturated carbocycles. The summed E-state index contributed by atoms with van der Waals surface area (Å²) in [5.41, 5.74) is 26.4. The number of nitrogens with zero attached hydrogens (tertiary/aromatic N) is 2. The zero-order chi connectivity index (χ0) is 53.3. The monoisotopic (exact) mass is 1000 g/mol. The normalized spacial score (nSPS) is 20.1. The highest BCUT2D eigenvalue weighted by atomic mass is 16.3. The number of anilines is 5. The summed E-state index contributed by atoms with van der Waals surface area (Å²) < 4.78 is 14.6. The molecule has 76 heavy (non-hydrogen) atoms. The minimum absolute atomic E-state index is 0.000354. The summed E-state index contributed by atoms with van der Waals surface area (Å²) in [4.78, 5) is 5.42. The summed E-state index contributed by atoms with van der Waals surface area (Å²) in [5, 5.41) is 4.64. The molecule has 0 saturated heterocycles. The van der Waals surface area contributed by atoms with Crippen LogP contribution in [-0.2, 0) is 37.9 Å². The van der Waals surface area contributed by atoms with Crippen LogP contribution in [0.1, 0.15) is 187 Å². The summed E-state index contributed by atoms with van der Waals surface area (Å²) in [6.45, 7) is 38.7. The lowest BCUT2D eigenvalue weighted by molar-refractivity contribution is 0.331. The van der Waals surface area contributed by atoms with Crippen molar-refractivity contribution < 1.29 is 8.83 Å². The lowest BCUT2D eigenvalue weighted by Gasteiger charge is -2.49. The van der Waals surface area contributed by atoms with Gasteiger partial charge in [0.15, 0.2) is 0 Å². The summed E-state index contributed by atoms with van der Waals surface area (Å²) in [5.74, 6) is 0. The summed E-state index contributed by atoms with van der Waals surface area (Å²) in [7, 11) is 0. The Morgan fingerprint density at radius 3 is 1.57 bits per heavy atom. The van der Waals surface area contributed by atoms with Gasteiger partial charge in [-0.3, -0.25) is 0 Å². The number of para-hydroxylation sites is 1. The molecular weight excluding hydrogens is 924 g/mol. The Bertz CT molecular complexity index is 4010. The second kappa shape index (κ2) is 15.1. The molecule has 2 aromatic heterocycles. The topological polar surface area (TPSA) is 32.8 Å². The number of benzene rings is 7. The largest absolute Gasteiger partial charge is 0.456 e. The van der Waals surface area contributed by atoms with Crippen LogP contribution in [0.5, 0.6) is 0 Å². The third kappa shape index (κ3) is 6.62. The predicted molar refractivity (Wildman–Crippen MR) is 324 cm³/mol. The molecule has 5 heteroatoms. The van der Waals surface area contributed by atoms with Crippen molar-refractivity contribution in [2.75, 3.05) is 9.71 Å². The lowest BCUT2D eigenvalue weighted by Crippen LogP contribution is -2.62. The van der Waals surface area contributed by atoms with Gasteiger partial charge in [0.1, 0.15) is 22.3 Å². The molecule has 0 fully saturated rings. The van der Waals surface area contributed by atoms with E-state index in [1.54, 1.807) is 0 Å². The first kappa shape index (κ1) is 48.2. The van der Waals surface area contributed by atoms with E-state index in [9.17, 15) is 0 Å². The second-order valence-corrected chi connectivity index (χ2v) is 29.4. The maximum absolute atomic E-state index is 7.35. The smallest absolute Gasteiger partial charge is 0.333 e. The van der Waals surface area contributed by atoms with Crippen molar-refractivity contribution in [3.05, 3.63) is 148 Å². The van der Waals surface area contributed by atoms with Crippen molar-refractivity contribution in [1.29, 1.82) is 0 Å². The Morgan fingerprint density at radius 1 is 0.447 bits per heavy atom. The van der Waals surface area contributed by atoms with Gasteiger partial charge in [-0.15, -0.1) is 0 Å². The minimum atomic E-state index is -0.197. The van der Waals surface area contributed by atoms with Crippen LogP contribution in [0.2, 0.25) is 0 Å². The van der Waals surface area contributed by atoms with Crippen LogP contribution < -0.4 is 20.6 Å². The number of aryl methyl sites for hydroxylation is 1. The van der Waals surface area contributed by atoms with Gasteiger partial charge in [0.05, 0.1) is 0 Å². The van der Waals surface area contributed by atoms with Crippen LogP contribution in [0.25, 0.3) is 55.0 Å². The Labute approximate surface area is 452 Å². The second-order valence-electron chi connectivity index (χ2n) is 29.4. The van der Waals surface area contributed by atoms with Crippen molar-refractivity contribution in [3.8, 4) is 11.1 Å². The van der Waals surface area contributed by atoms with Gasteiger partial charge in [0.25, 0.3) is 0 Å². The molecule has 9 aromatic rings. The van der Waals surface area contributed by atoms with Crippen molar-refractivity contribution in [1.82, 2.24) is 0 Å². The van der Waals surface area contributed by atoms with Crippen LogP contribution in [0.4, 0.5) is 28.4 Å². The minimum Gasteiger partial charge on any atom is -0.456 e. The quantitative estimate of drug-likeness (QED) is 0.162. The molecule has 0 spiro atoms. The summed E-state index contributed by atoms with van der Waals surface area (Å²) in [6, 6.07) is 41.1. The van der Waals surface area contributed by atoms with Crippen LogP contribution >= 0.6 is 0 Å². The highest BCUT2D eigenvalue weighted by molar-refractivity contribution is 6.94. The molecule has 386 valence electrons. The Balaban J connectivity index is 1.16.